The SMILES string of the molecule is Cc1cc2nc(C3CC[NH+](CC(=O)Nc4cccc(Cl)c4C)CC3)[nH]c2cc1C. The Morgan fingerprint density at radius 3 is 2.69 bits per heavy atom. The number of nitrogens with zero attached hydrogens (tertiary/aromatic N) is 1. The van der Waals surface area contributed by atoms with E-state index in [1.807, 2.05) is 25.1 Å². The van der Waals surface area contributed by atoms with Gasteiger partial charge in [-0.15, -0.1) is 0 Å². The van der Waals surface area contributed by atoms with E-state index >= 15 is 0 Å². The lowest BCUT2D eigenvalue weighted by Gasteiger charge is -2.27. The molecular weight excluding hydrogens is 384 g/mol. The number of carbonyl (C=O) groups is 1. The van der Waals surface area contributed by atoms with Gasteiger partial charge in [0.15, 0.2) is 6.54 Å². The molecule has 0 radical (unpaired) electrons. The van der Waals surface area contributed by atoms with Gasteiger partial charge in [-0.1, -0.05) is 17.7 Å². The van der Waals surface area contributed by atoms with E-state index in [4.69, 9.17) is 16.6 Å². The van der Waals surface area contributed by atoms with Gasteiger partial charge >= 0.3 is 0 Å². The van der Waals surface area contributed by atoms with Crippen molar-refractivity contribution < 1.29 is 9.69 Å². The van der Waals surface area contributed by atoms with E-state index in [2.05, 4.69) is 36.3 Å². The van der Waals surface area contributed by atoms with E-state index < -0.39 is 0 Å². The van der Waals surface area contributed by atoms with Gasteiger partial charge in [0.1, 0.15) is 5.82 Å². The molecule has 6 heteroatoms. The maximum atomic E-state index is 12.5. The highest BCUT2D eigenvalue weighted by Crippen LogP contribution is 2.26. The number of amides is 1. The van der Waals surface area contributed by atoms with Crippen LogP contribution in [0.15, 0.2) is 30.3 Å². The summed E-state index contributed by atoms with van der Waals surface area (Å²) in [5, 5.41) is 3.68. The lowest BCUT2D eigenvalue weighted by Crippen LogP contribution is -3.14. The van der Waals surface area contributed by atoms with Crippen molar-refractivity contribution in [3.05, 3.63) is 57.9 Å². The van der Waals surface area contributed by atoms with Crippen LogP contribution < -0.4 is 10.2 Å². The Kier molecular flexibility index (Phi) is 5.61. The molecule has 0 aliphatic carbocycles. The highest BCUT2D eigenvalue weighted by molar-refractivity contribution is 6.31. The standard InChI is InChI=1S/C23H27ClN4O/c1-14-11-20-21(12-15(14)2)27-23(26-20)17-7-9-28(10-8-17)13-22(29)25-19-6-4-5-18(24)16(19)3/h4-6,11-12,17H,7-10,13H2,1-3H3,(H,25,29)(H,26,27)/p+1. The second kappa shape index (κ2) is 8.17. The number of aromatic amines is 1. The molecule has 3 N–H and O–H groups in total. The lowest BCUT2D eigenvalue weighted by molar-refractivity contribution is -0.897. The maximum absolute atomic E-state index is 12.5. The van der Waals surface area contributed by atoms with Crippen molar-refractivity contribution in [1.29, 1.82) is 0 Å². The smallest absolute Gasteiger partial charge is 0.279 e. The summed E-state index contributed by atoms with van der Waals surface area (Å²) < 4.78 is 0. The second-order valence-electron chi connectivity index (χ2n) is 8.24. The molecule has 29 heavy (non-hydrogen) atoms. The number of aryl methyl sites for hydroxylation is 2. The summed E-state index contributed by atoms with van der Waals surface area (Å²) >= 11 is 6.14. The van der Waals surface area contributed by atoms with Gasteiger partial charge in [0.25, 0.3) is 5.91 Å². The predicted octanol–water partition coefficient (Wildman–Crippen LogP) is 3.54. The molecule has 3 aromatic rings. The lowest BCUT2D eigenvalue weighted by atomic mass is 9.96. The summed E-state index contributed by atoms with van der Waals surface area (Å²) in [7, 11) is 0. The molecule has 1 aliphatic heterocycles. The van der Waals surface area contributed by atoms with E-state index in [0.717, 1.165) is 54.0 Å². The summed E-state index contributed by atoms with van der Waals surface area (Å²) in [6, 6.07) is 9.94. The summed E-state index contributed by atoms with van der Waals surface area (Å²) in [4.78, 5) is 22.2. The number of carbonyl (C=O) groups excluding carboxylic acids is 1. The summed E-state index contributed by atoms with van der Waals surface area (Å²) in [5.41, 5.74) is 6.43. The number of hydrogen-bond acceptors (Lipinski definition) is 2. The van der Waals surface area contributed by atoms with Crippen LogP contribution in [0.4, 0.5) is 5.69 Å². The first kappa shape index (κ1) is 19.9. The van der Waals surface area contributed by atoms with Gasteiger partial charge in [-0.3, -0.25) is 4.79 Å². The highest BCUT2D eigenvalue weighted by atomic mass is 35.5. The largest absolute Gasteiger partial charge is 0.342 e. The zero-order chi connectivity index (χ0) is 20.5. The summed E-state index contributed by atoms with van der Waals surface area (Å²) in [6.07, 6.45) is 2.08. The van der Waals surface area contributed by atoms with Crippen LogP contribution in [0, 0.1) is 20.8 Å². The molecule has 0 atom stereocenters. The number of benzene rings is 2. The molecule has 1 aromatic heterocycles. The zero-order valence-corrected chi connectivity index (χ0v) is 18.0. The number of piperidine rings is 1. The number of rotatable bonds is 4. The van der Waals surface area contributed by atoms with Crippen LogP contribution in [0.25, 0.3) is 11.0 Å². The zero-order valence-electron chi connectivity index (χ0n) is 17.2. The van der Waals surface area contributed by atoms with Gasteiger partial charge in [0.05, 0.1) is 24.1 Å². The van der Waals surface area contributed by atoms with Crippen molar-refractivity contribution in [3.63, 3.8) is 0 Å². The van der Waals surface area contributed by atoms with Crippen LogP contribution in [-0.4, -0.2) is 35.5 Å². The third-order valence-electron chi connectivity index (χ3n) is 6.15. The van der Waals surface area contributed by atoms with E-state index in [0.29, 0.717) is 17.5 Å². The number of fused-ring (bicyclic) bond motifs is 1. The molecule has 1 fully saturated rings. The summed E-state index contributed by atoms with van der Waals surface area (Å²) in [5.74, 6) is 1.56. The number of likely N-dealkylation sites (tertiary alicyclic amines) is 1. The molecule has 0 bridgehead atoms. The van der Waals surface area contributed by atoms with Crippen molar-refractivity contribution in [3.8, 4) is 0 Å². The molecular formula is C23H28ClN4O+. The fourth-order valence-corrected chi connectivity index (χ4v) is 4.30. The molecule has 1 aliphatic rings. The van der Waals surface area contributed by atoms with Crippen LogP contribution in [0.3, 0.4) is 0 Å². The summed E-state index contributed by atoms with van der Waals surface area (Å²) in [6.45, 7) is 8.61. The van der Waals surface area contributed by atoms with E-state index in [1.165, 1.54) is 16.0 Å². The van der Waals surface area contributed by atoms with Crippen LogP contribution >= 0.6 is 11.6 Å². The number of nitrogens with one attached hydrogen (secondary N) is 3. The minimum Gasteiger partial charge on any atom is -0.342 e. The van der Waals surface area contributed by atoms with Crippen LogP contribution in [0.1, 0.15) is 41.3 Å². The van der Waals surface area contributed by atoms with Crippen LogP contribution in [0.2, 0.25) is 5.02 Å². The molecule has 0 spiro atoms. The molecule has 2 heterocycles. The average Bonchev–Trinajstić information content (AvgIpc) is 3.09. The fourth-order valence-electron chi connectivity index (χ4n) is 4.12. The Labute approximate surface area is 176 Å². The number of H-pyrrole nitrogens is 1. The quantitative estimate of drug-likeness (QED) is 0.614. The predicted molar refractivity (Wildman–Crippen MR) is 118 cm³/mol. The molecule has 152 valence electrons. The Hall–Kier alpha value is -2.37. The third-order valence-corrected chi connectivity index (χ3v) is 6.56. The van der Waals surface area contributed by atoms with Crippen molar-refractivity contribution in [2.45, 2.75) is 39.5 Å². The van der Waals surface area contributed by atoms with Crippen molar-refractivity contribution in [1.82, 2.24) is 9.97 Å². The minimum atomic E-state index is 0.0403. The molecule has 0 unspecified atom stereocenters. The van der Waals surface area contributed by atoms with Crippen LogP contribution in [0.5, 0.6) is 0 Å². The Morgan fingerprint density at radius 2 is 1.93 bits per heavy atom. The van der Waals surface area contributed by atoms with Crippen molar-refractivity contribution in [2.24, 2.45) is 0 Å². The van der Waals surface area contributed by atoms with Gasteiger partial charge < -0.3 is 15.2 Å². The van der Waals surface area contributed by atoms with Gasteiger partial charge in [0, 0.05) is 29.5 Å². The van der Waals surface area contributed by atoms with E-state index in [1.54, 1.807) is 0 Å². The number of anilines is 1. The first-order valence-corrected chi connectivity index (χ1v) is 10.6. The minimum absolute atomic E-state index is 0.0403. The van der Waals surface area contributed by atoms with Gasteiger partial charge in [0.2, 0.25) is 0 Å². The van der Waals surface area contributed by atoms with Crippen molar-refractivity contribution >= 4 is 34.2 Å². The maximum Gasteiger partial charge on any atom is 0.279 e. The molecule has 4 rings (SSSR count). The van der Waals surface area contributed by atoms with Crippen molar-refractivity contribution in [2.75, 3.05) is 25.0 Å². The number of quaternary nitrogens is 1. The van der Waals surface area contributed by atoms with E-state index in [-0.39, 0.29) is 5.91 Å². The second-order valence-corrected chi connectivity index (χ2v) is 8.64. The molecule has 5 nitrogen and oxygen atoms in total. The topological polar surface area (TPSA) is 62.2 Å². The molecule has 0 saturated carbocycles. The average molecular weight is 412 g/mol. The van der Waals surface area contributed by atoms with Gasteiger partial charge in [-0.2, -0.15) is 0 Å². The van der Waals surface area contributed by atoms with Gasteiger partial charge in [-0.25, -0.2) is 4.98 Å². The number of imidazole rings is 1. The first-order valence-electron chi connectivity index (χ1n) is 10.3. The normalized spacial score (nSPS) is 19.4. The Morgan fingerprint density at radius 1 is 1.21 bits per heavy atom. The van der Waals surface area contributed by atoms with Gasteiger partial charge in [-0.05, 0) is 61.7 Å². The first-order chi connectivity index (χ1) is 13.9. The molecule has 2 aromatic carbocycles. The fraction of sp³-hybridized carbons (Fsp3) is 0.391. The highest BCUT2D eigenvalue weighted by Gasteiger charge is 2.27. The number of aromatic nitrogens is 2. The molecule has 1 amide bonds. The monoisotopic (exact) mass is 411 g/mol. The van der Waals surface area contributed by atoms with Crippen LogP contribution in [-0.2, 0) is 4.79 Å². The third kappa shape index (κ3) is 4.31. The number of halogens is 1. The Balaban J connectivity index is 1.34. The van der Waals surface area contributed by atoms with E-state index in [9.17, 15) is 4.79 Å². The number of hydrogen-bond donors (Lipinski definition) is 3. The Bertz CT molecular complexity index is 1010. The molecule has 1 saturated heterocycles.